The van der Waals surface area contributed by atoms with E-state index in [4.69, 9.17) is 0 Å². The van der Waals surface area contributed by atoms with Crippen molar-refractivity contribution in [3.63, 3.8) is 0 Å². The molecule has 0 N–H and O–H groups in total. The summed E-state index contributed by atoms with van der Waals surface area (Å²) >= 11 is 0. The van der Waals surface area contributed by atoms with Crippen LogP contribution in [0.25, 0.3) is 0 Å². The van der Waals surface area contributed by atoms with Gasteiger partial charge in [-0.2, -0.15) is 0 Å². The molecule has 0 saturated carbocycles. The van der Waals surface area contributed by atoms with Gasteiger partial charge in [-0.15, -0.1) is 0 Å². The van der Waals surface area contributed by atoms with Gasteiger partial charge in [0.1, 0.15) is 0 Å². The molecule has 0 aliphatic heterocycles. The Morgan fingerprint density at radius 1 is 0.524 bits per heavy atom. The second-order valence-electron chi connectivity index (χ2n) is 2.90. The van der Waals surface area contributed by atoms with E-state index >= 15 is 0 Å². The van der Waals surface area contributed by atoms with Crippen molar-refractivity contribution in [2.24, 2.45) is 0 Å². The predicted molar refractivity (Wildman–Crippen MR) is 61.2 cm³/mol. The van der Waals surface area contributed by atoms with Crippen molar-refractivity contribution in [3.8, 4) is 0 Å². The number of hydrogen-bond acceptors (Lipinski definition) is 8. The van der Waals surface area contributed by atoms with Crippen molar-refractivity contribution in [1.29, 1.82) is 0 Å². The molecule has 0 rings (SSSR count). The third kappa shape index (κ3) is 119. The molecule has 0 aliphatic carbocycles. The van der Waals surface area contributed by atoms with Crippen LogP contribution in [-0.4, -0.2) is 23.9 Å². The third-order valence-electron chi connectivity index (χ3n) is 1.15. The van der Waals surface area contributed by atoms with E-state index in [1.807, 2.05) is 0 Å². The average molecular weight is 395 g/mol. The van der Waals surface area contributed by atoms with Gasteiger partial charge in [-0.3, -0.25) is 0 Å². The van der Waals surface area contributed by atoms with Crippen molar-refractivity contribution in [3.05, 3.63) is 0 Å². The summed E-state index contributed by atoms with van der Waals surface area (Å²) in [6.07, 6.45) is 0.444. The summed E-state index contributed by atoms with van der Waals surface area (Å²) in [7, 11) is 0. The fraction of sp³-hybridized carbons (Fsp3) is 0.667. The third-order valence-corrected chi connectivity index (χ3v) is 1.15. The number of carbonyl (C=O) groups is 4. The van der Waals surface area contributed by atoms with Crippen LogP contribution in [0.15, 0.2) is 0 Å². The predicted octanol–water partition coefficient (Wildman–Crippen LogP) is -3.42. The monoisotopic (exact) mass is 395 g/mol. The minimum Gasteiger partial charge on any atom is -0.550 e. The Kier molecular flexibility index (Phi) is 40.7. The second kappa shape index (κ2) is 26.9. The Balaban J connectivity index is -0.0000000533. The van der Waals surface area contributed by atoms with Crippen LogP contribution in [0.4, 0.5) is 0 Å². The van der Waals surface area contributed by atoms with E-state index in [1.165, 1.54) is 27.7 Å². The second-order valence-corrected chi connectivity index (χ2v) is 2.90. The number of hydrogen-bond donors (Lipinski definition) is 0. The van der Waals surface area contributed by atoms with Crippen molar-refractivity contribution in [2.75, 3.05) is 0 Å². The summed E-state index contributed by atoms with van der Waals surface area (Å²) in [5, 5.41) is 37.0. The number of carbonyl (C=O) groups excluding carboxylic acids is 4. The van der Waals surface area contributed by atoms with Crippen molar-refractivity contribution in [1.82, 2.24) is 0 Å². The maximum Gasteiger partial charge on any atom is 0.0411 e. The summed E-state index contributed by atoms with van der Waals surface area (Å²) in [6, 6.07) is 0. The Morgan fingerprint density at radius 2 is 0.571 bits per heavy atom. The quantitative estimate of drug-likeness (QED) is 0.445. The molecular weight excluding hydrogens is 375 g/mol. The van der Waals surface area contributed by atoms with Crippen LogP contribution in [0.1, 0.15) is 53.4 Å². The standard InChI is InChI=1S/4C3H6O2.Rh/c4*1-2-3(4)5;/h4*2H2,1H3,(H,4,5);/p-4. The Bertz CT molecular complexity index is 222. The van der Waals surface area contributed by atoms with Gasteiger partial charge in [0.15, 0.2) is 0 Å². The number of rotatable bonds is 4. The number of carboxylic acid groups (broad SMARTS) is 4. The largest absolute Gasteiger partial charge is 0.550 e. The molecule has 0 bridgehead atoms. The average Bonchev–Trinajstić information content (AvgIpc) is 2.40. The summed E-state index contributed by atoms with van der Waals surface area (Å²) in [5.74, 6) is -3.98. The summed E-state index contributed by atoms with van der Waals surface area (Å²) < 4.78 is 0. The first-order chi connectivity index (χ1) is 9.08. The Morgan fingerprint density at radius 3 is 0.571 bits per heavy atom. The first kappa shape index (κ1) is 31.7. The topological polar surface area (TPSA) is 161 Å². The zero-order valence-electron chi connectivity index (χ0n) is 12.4. The summed E-state index contributed by atoms with van der Waals surface area (Å²) in [5.41, 5.74) is 0. The van der Waals surface area contributed by atoms with Gasteiger partial charge in [-0.05, 0) is 25.7 Å². The molecule has 0 aliphatic rings. The van der Waals surface area contributed by atoms with Gasteiger partial charge in [0.05, 0.1) is 0 Å². The first-order valence-corrected chi connectivity index (χ1v) is 5.88. The molecule has 0 aromatic rings. The van der Waals surface area contributed by atoms with Crippen LogP contribution in [0.5, 0.6) is 0 Å². The van der Waals surface area contributed by atoms with E-state index in [0.29, 0.717) is 0 Å². The van der Waals surface area contributed by atoms with E-state index in [-0.39, 0.29) is 45.2 Å². The molecule has 0 atom stereocenters. The van der Waals surface area contributed by atoms with Crippen LogP contribution < -0.4 is 20.4 Å². The number of aliphatic carboxylic acids is 4. The van der Waals surface area contributed by atoms with Crippen molar-refractivity contribution >= 4 is 23.9 Å². The molecule has 0 aromatic carbocycles. The van der Waals surface area contributed by atoms with Crippen LogP contribution >= 0.6 is 0 Å². The van der Waals surface area contributed by atoms with Gasteiger partial charge in [-0.1, -0.05) is 27.7 Å². The van der Waals surface area contributed by atoms with E-state index in [1.54, 1.807) is 0 Å². The van der Waals surface area contributed by atoms with Crippen molar-refractivity contribution < 1.29 is 59.1 Å². The van der Waals surface area contributed by atoms with Gasteiger partial charge in [0.2, 0.25) is 0 Å². The molecule has 0 amide bonds. The fourth-order valence-corrected chi connectivity index (χ4v) is 0. The molecular formula is C12H20O8Rh-4. The van der Waals surface area contributed by atoms with Gasteiger partial charge >= 0.3 is 0 Å². The molecule has 0 fully saturated rings. The minimum atomic E-state index is -0.995. The molecule has 0 unspecified atom stereocenters. The maximum absolute atomic E-state index is 9.26. The Hall–Kier alpha value is -1.50. The SMILES string of the molecule is CCC(=O)[O-].CCC(=O)[O-].CCC(=O)[O-].CCC(=O)[O-].[Rh]. The molecule has 129 valence electrons. The van der Waals surface area contributed by atoms with E-state index < -0.39 is 23.9 Å². The zero-order valence-corrected chi connectivity index (χ0v) is 14.1. The van der Waals surface area contributed by atoms with Crippen LogP contribution in [0, 0.1) is 0 Å². The van der Waals surface area contributed by atoms with E-state index in [0.717, 1.165) is 0 Å². The van der Waals surface area contributed by atoms with E-state index in [2.05, 4.69) is 0 Å². The van der Waals surface area contributed by atoms with E-state index in [9.17, 15) is 39.6 Å². The first-order valence-electron chi connectivity index (χ1n) is 5.88. The van der Waals surface area contributed by atoms with Crippen LogP contribution in [0.2, 0.25) is 0 Å². The molecule has 0 aromatic heterocycles. The van der Waals surface area contributed by atoms with Crippen LogP contribution in [-0.2, 0) is 38.7 Å². The molecule has 21 heavy (non-hydrogen) atoms. The van der Waals surface area contributed by atoms with Crippen LogP contribution in [0.3, 0.4) is 0 Å². The molecule has 8 nitrogen and oxygen atoms in total. The zero-order chi connectivity index (χ0) is 17.1. The summed E-state index contributed by atoms with van der Waals surface area (Å²) in [4.78, 5) is 37.0. The maximum atomic E-state index is 9.26. The molecule has 9 heteroatoms. The normalized spacial score (nSPS) is 7.05. The molecule has 0 saturated heterocycles. The van der Waals surface area contributed by atoms with Gasteiger partial charge in [0.25, 0.3) is 0 Å². The molecule has 0 heterocycles. The number of carboxylic acids is 4. The van der Waals surface area contributed by atoms with Crippen molar-refractivity contribution in [2.45, 2.75) is 53.4 Å². The molecule has 1 radical (unpaired) electrons. The minimum absolute atomic E-state index is 0. The summed E-state index contributed by atoms with van der Waals surface area (Å²) in [6.45, 7) is 6.15. The van der Waals surface area contributed by atoms with Gasteiger partial charge in [-0.25, -0.2) is 0 Å². The smallest absolute Gasteiger partial charge is 0.0411 e. The van der Waals surface area contributed by atoms with Gasteiger partial charge in [0, 0.05) is 43.4 Å². The fourth-order valence-electron chi connectivity index (χ4n) is 0. The van der Waals surface area contributed by atoms with Gasteiger partial charge < -0.3 is 39.6 Å². The molecule has 0 spiro atoms. The Labute approximate surface area is 136 Å².